The lowest BCUT2D eigenvalue weighted by molar-refractivity contribution is 0.642. The van der Waals surface area contributed by atoms with Gasteiger partial charge in [0.15, 0.2) is 0 Å². The second-order valence-electron chi connectivity index (χ2n) is 1.94. The highest BCUT2D eigenvalue weighted by molar-refractivity contribution is 5.97. The molecule has 0 radical (unpaired) electrons. The molecule has 0 saturated heterocycles. The number of rotatable bonds is 1. The van der Waals surface area contributed by atoms with E-state index in [0.29, 0.717) is 0 Å². The molecule has 0 spiro atoms. The summed E-state index contributed by atoms with van der Waals surface area (Å²) in [7, 11) is 0. The smallest absolute Gasteiger partial charge is 0.0986 e. The molecule has 1 aliphatic rings. The zero-order valence-electron chi connectivity index (χ0n) is 5.26. The molecule has 0 bridgehead atoms. The summed E-state index contributed by atoms with van der Waals surface area (Å²) < 4.78 is 12.1. The third-order valence-electron chi connectivity index (χ3n) is 1.04. The molecule has 0 saturated carbocycles. The zero-order valence-corrected chi connectivity index (χ0v) is 5.26. The van der Waals surface area contributed by atoms with Crippen LogP contribution in [0.25, 0.3) is 0 Å². The zero-order chi connectivity index (χ0) is 6.69. The Labute approximate surface area is 53.6 Å². The first kappa shape index (κ1) is 6.20. The molecule has 0 amide bonds. The van der Waals surface area contributed by atoms with Crippen LogP contribution in [0.3, 0.4) is 0 Å². The van der Waals surface area contributed by atoms with Gasteiger partial charge in [-0.3, -0.25) is 4.99 Å². The van der Waals surface area contributed by atoms with Crippen molar-refractivity contribution in [1.29, 1.82) is 0 Å². The molecule has 1 nitrogen and oxygen atoms in total. The molecule has 1 heterocycles. The number of halogens is 1. The van der Waals surface area contributed by atoms with Gasteiger partial charge in [-0.25, -0.2) is 4.39 Å². The summed E-state index contributed by atoms with van der Waals surface area (Å²) in [5, 5.41) is 0. The van der Waals surface area contributed by atoms with Crippen LogP contribution in [-0.2, 0) is 0 Å². The van der Waals surface area contributed by atoms with Crippen molar-refractivity contribution in [2.45, 2.75) is 13.3 Å². The van der Waals surface area contributed by atoms with Gasteiger partial charge in [0.2, 0.25) is 0 Å². The minimum atomic E-state index is -0.183. The minimum Gasteiger partial charge on any atom is -0.261 e. The van der Waals surface area contributed by atoms with Gasteiger partial charge in [-0.2, -0.15) is 0 Å². The van der Waals surface area contributed by atoms with E-state index in [2.05, 4.69) is 4.99 Å². The first-order valence-corrected chi connectivity index (χ1v) is 2.84. The van der Waals surface area contributed by atoms with Gasteiger partial charge in [0.25, 0.3) is 0 Å². The van der Waals surface area contributed by atoms with Crippen LogP contribution in [-0.4, -0.2) is 5.71 Å². The molecule has 9 heavy (non-hydrogen) atoms. The third kappa shape index (κ3) is 1.80. The largest absolute Gasteiger partial charge is 0.261 e. The van der Waals surface area contributed by atoms with Crippen molar-refractivity contribution in [3.63, 3.8) is 0 Å². The van der Waals surface area contributed by atoms with Gasteiger partial charge < -0.3 is 0 Å². The number of aliphatic imine (C=N–C) groups is 1. The highest BCUT2D eigenvalue weighted by Gasteiger charge is 1.96. The Balaban J connectivity index is 2.57. The van der Waals surface area contributed by atoms with Crippen LogP contribution in [0.1, 0.15) is 13.3 Å². The summed E-state index contributed by atoms with van der Waals surface area (Å²) in [6, 6.07) is 0. The molecule has 1 aliphatic heterocycles. The van der Waals surface area contributed by atoms with E-state index in [0.717, 1.165) is 12.1 Å². The van der Waals surface area contributed by atoms with Crippen molar-refractivity contribution in [2.24, 2.45) is 4.99 Å². The molecule has 1 rings (SSSR count). The molecular formula is C7H8FN. The quantitative estimate of drug-likeness (QED) is 0.509. The minimum absolute atomic E-state index is 0.183. The van der Waals surface area contributed by atoms with Crippen molar-refractivity contribution in [3.05, 3.63) is 24.2 Å². The topological polar surface area (TPSA) is 12.4 Å². The Morgan fingerprint density at radius 3 is 3.11 bits per heavy atom. The Morgan fingerprint density at radius 2 is 2.67 bits per heavy atom. The predicted molar refractivity (Wildman–Crippen MR) is 36.1 cm³/mol. The fourth-order valence-electron chi connectivity index (χ4n) is 0.700. The van der Waals surface area contributed by atoms with E-state index in [-0.39, 0.29) is 5.83 Å². The Hall–Kier alpha value is -0.920. The first-order valence-electron chi connectivity index (χ1n) is 2.84. The summed E-state index contributed by atoms with van der Waals surface area (Å²) in [6.07, 6.45) is 5.80. The van der Waals surface area contributed by atoms with Gasteiger partial charge in [0, 0.05) is 18.3 Å². The highest BCUT2D eigenvalue weighted by atomic mass is 19.1. The standard InChI is InChI=1S/C7H8FN/c1-6(8)5-7-3-2-4-9-7/h2,4-5H,3H2,1H3/b6-5-. The molecule has 48 valence electrons. The van der Waals surface area contributed by atoms with E-state index in [9.17, 15) is 4.39 Å². The van der Waals surface area contributed by atoms with Gasteiger partial charge in [-0.15, -0.1) is 0 Å². The van der Waals surface area contributed by atoms with Crippen LogP contribution in [0.15, 0.2) is 29.2 Å². The Morgan fingerprint density at radius 1 is 1.89 bits per heavy atom. The van der Waals surface area contributed by atoms with Gasteiger partial charge in [-0.1, -0.05) is 6.08 Å². The fourth-order valence-corrected chi connectivity index (χ4v) is 0.700. The van der Waals surface area contributed by atoms with Crippen LogP contribution >= 0.6 is 0 Å². The maximum atomic E-state index is 12.1. The van der Waals surface area contributed by atoms with Crippen molar-refractivity contribution in [2.75, 3.05) is 0 Å². The van der Waals surface area contributed by atoms with Crippen molar-refractivity contribution >= 4 is 5.71 Å². The van der Waals surface area contributed by atoms with Gasteiger partial charge in [0.1, 0.15) is 0 Å². The normalized spacial score (nSPS) is 18.4. The monoisotopic (exact) mass is 125 g/mol. The summed E-state index contributed by atoms with van der Waals surface area (Å²) >= 11 is 0. The summed E-state index contributed by atoms with van der Waals surface area (Å²) in [5.41, 5.74) is 0.801. The average Bonchev–Trinajstić information content (AvgIpc) is 2.15. The molecule has 0 aromatic heterocycles. The lowest BCUT2D eigenvalue weighted by Gasteiger charge is -1.86. The Kier molecular flexibility index (Phi) is 1.78. The van der Waals surface area contributed by atoms with E-state index in [1.807, 2.05) is 6.08 Å². The van der Waals surface area contributed by atoms with Crippen molar-refractivity contribution in [3.8, 4) is 0 Å². The van der Waals surface area contributed by atoms with Crippen LogP contribution in [0, 0.1) is 0 Å². The van der Waals surface area contributed by atoms with E-state index < -0.39 is 0 Å². The van der Waals surface area contributed by atoms with Gasteiger partial charge >= 0.3 is 0 Å². The summed E-state index contributed by atoms with van der Waals surface area (Å²) in [6.45, 7) is 1.42. The predicted octanol–water partition coefficient (Wildman–Crippen LogP) is 2.22. The summed E-state index contributed by atoms with van der Waals surface area (Å²) in [4.78, 5) is 3.90. The number of allylic oxidation sites excluding steroid dienone is 3. The maximum absolute atomic E-state index is 12.1. The second kappa shape index (κ2) is 2.58. The van der Waals surface area contributed by atoms with E-state index in [1.165, 1.54) is 13.0 Å². The molecule has 0 N–H and O–H groups in total. The number of hydrogen-bond donors (Lipinski definition) is 0. The second-order valence-corrected chi connectivity index (χ2v) is 1.94. The average molecular weight is 125 g/mol. The molecule has 0 fully saturated rings. The van der Waals surface area contributed by atoms with E-state index in [1.54, 1.807) is 6.20 Å². The fraction of sp³-hybridized carbons (Fsp3) is 0.286. The van der Waals surface area contributed by atoms with Crippen LogP contribution < -0.4 is 0 Å². The molecule has 0 unspecified atom stereocenters. The molecule has 0 aromatic carbocycles. The molecule has 0 aromatic rings. The van der Waals surface area contributed by atoms with E-state index in [4.69, 9.17) is 0 Å². The first-order chi connectivity index (χ1) is 4.29. The molecular weight excluding hydrogens is 117 g/mol. The van der Waals surface area contributed by atoms with Crippen LogP contribution in [0.4, 0.5) is 4.39 Å². The Bertz CT molecular complexity index is 185. The molecule has 0 atom stereocenters. The van der Waals surface area contributed by atoms with Gasteiger partial charge in [-0.05, 0) is 13.0 Å². The highest BCUT2D eigenvalue weighted by Crippen LogP contribution is 2.04. The molecule has 2 heteroatoms. The molecule has 0 aliphatic carbocycles. The maximum Gasteiger partial charge on any atom is 0.0986 e. The summed E-state index contributed by atoms with van der Waals surface area (Å²) in [5.74, 6) is -0.183. The van der Waals surface area contributed by atoms with Gasteiger partial charge in [0.05, 0.1) is 5.83 Å². The lowest BCUT2D eigenvalue weighted by atomic mass is 10.3. The van der Waals surface area contributed by atoms with Crippen molar-refractivity contribution < 1.29 is 4.39 Å². The number of nitrogens with zero attached hydrogens (tertiary/aromatic N) is 1. The van der Waals surface area contributed by atoms with Crippen LogP contribution in [0.2, 0.25) is 0 Å². The van der Waals surface area contributed by atoms with Crippen molar-refractivity contribution in [1.82, 2.24) is 0 Å². The van der Waals surface area contributed by atoms with Crippen LogP contribution in [0.5, 0.6) is 0 Å². The lowest BCUT2D eigenvalue weighted by Crippen LogP contribution is -1.85. The van der Waals surface area contributed by atoms with E-state index >= 15 is 0 Å². The number of hydrogen-bond acceptors (Lipinski definition) is 1. The third-order valence-corrected chi connectivity index (χ3v) is 1.04. The SMILES string of the molecule is C/C(F)=C/C1=NC=CC1.